The first-order valence-electron chi connectivity index (χ1n) is 11.6. The Balaban J connectivity index is 1.39. The summed E-state index contributed by atoms with van der Waals surface area (Å²) in [4.78, 5) is 19.3. The molecule has 35 heavy (non-hydrogen) atoms. The van der Waals surface area contributed by atoms with Gasteiger partial charge in [-0.2, -0.15) is 0 Å². The Morgan fingerprint density at radius 3 is 2.66 bits per heavy atom. The molecule has 1 amide bonds. The van der Waals surface area contributed by atoms with Gasteiger partial charge in [-0.25, -0.2) is 0 Å². The second kappa shape index (κ2) is 10.1. The highest BCUT2D eigenvalue weighted by Gasteiger charge is 2.41. The van der Waals surface area contributed by atoms with Crippen LogP contribution in [0.25, 0.3) is 11.3 Å². The summed E-state index contributed by atoms with van der Waals surface area (Å²) in [5.74, 6) is 1.49. The highest BCUT2D eigenvalue weighted by Crippen LogP contribution is 2.40. The molecule has 0 radical (unpaired) electrons. The molecule has 0 aliphatic carbocycles. The first kappa shape index (κ1) is 22.8. The van der Waals surface area contributed by atoms with E-state index in [-0.39, 0.29) is 24.4 Å². The zero-order chi connectivity index (χ0) is 24.2. The van der Waals surface area contributed by atoms with Crippen LogP contribution in [0.1, 0.15) is 35.5 Å². The van der Waals surface area contributed by atoms with Gasteiger partial charge in [0.05, 0.1) is 11.7 Å². The number of furan rings is 1. The van der Waals surface area contributed by atoms with Gasteiger partial charge in [-0.15, -0.1) is 0 Å². The number of nitrogens with one attached hydrogen (secondary N) is 2. The van der Waals surface area contributed by atoms with Crippen molar-refractivity contribution in [3.05, 3.63) is 108 Å². The molecule has 0 saturated carbocycles. The number of carbonyl (C=O) groups is 1. The van der Waals surface area contributed by atoms with E-state index in [4.69, 9.17) is 16.6 Å². The monoisotopic (exact) mass is 482 g/mol. The van der Waals surface area contributed by atoms with Gasteiger partial charge in [0.25, 0.3) is 0 Å². The van der Waals surface area contributed by atoms with E-state index < -0.39 is 0 Å². The lowest BCUT2D eigenvalue weighted by Crippen LogP contribution is -2.32. The number of amides is 1. The van der Waals surface area contributed by atoms with E-state index in [0.29, 0.717) is 11.7 Å². The van der Waals surface area contributed by atoms with Crippen LogP contribution in [-0.4, -0.2) is 27.4 Å². The Bertz CT molecular complexity index is 1320. The van der Waals surface area contributed by atoms with E-state index in [1.165, 1.54) is 0 Å². The second-order valence-electron chi connectivity index (χ2n) is 8.56. The minimum Gasteiger partial charge on any atom is -0.459 e. The summed E-state index contributed by atoms with van der Waals surface area (Å²) in [5, 5.41) is 6.96. The van der Waals surface area contributed by atoms with Gasteiger partial charge in [0.2, 0.25) is 5.91 Å². The summed E-state index contributed by atoms with van der Waals surface area (Å²) in [6.07, 6.45) is 2.06. The molecule has 1 saturated heterocycles. The van der Waals surface area contributed by atoms with Crippen molar-refractivity contribution in [1.29, 1.82) is 0 Å². The van der Waals surface area contributed by atoms with Gasteiger partial charge >= 0.3 is 0 Å². The second-order valence-corrected chi connectivity index (χ2v) is 8.94. The van der Waals surface area contributed by atoms with Gasteiger partial charge < -0.3 is 20.0 Å². The summed E-state index contributed by atoms with van der Waals surface area (Å²) in [6, 6.07) is 27.1. The zero-order valence-corrected chi connectivity index (χ0v) is 20.2. The number of carbonyl (C=O) groups excluding carboxylic acids is 1. The first-order valence-corrected chi connectivity index (χ1v) is 12.0. The van der Waals surface area contributed by atoms with Crippen LogP contribution in [0.15, 0.2) is 95.5 Å². The molecule has 4 aromatic rings. The minimum atomic E-state index is -0.235. The number of thiocarbonyl (C=S) groups is 1. The molecular weight excluding hydrogens is 456 g/mol. The smallest absolute Gasteiger partial charge is 0.226 e. The Labute approximate surface area is 210 Å². The van der Waals surface area contributed by atoms with Crippen LogP contribution in [0, 0.1) is 6.92 Å². The molecule has 6 nitrogen and oxygen atoms in total. The van der Waals surface area contributed by atoms with Crippen molar-refractivity contribution in [3.63, 3.8) is 0 Å². The predicted molar refractivity (Wildman–Crippen MR) is 141 cm³/mol. The van der Waals surface area contributed by atoms with Crippen LogP contribution >= 0.6 is 12.2 Å². The quantitative estimate of drug-likeness (QED) is 0.332. The molecule has 2 aromatic carbocycles. The number of anilines is 1. The maximum Gasteiger partial charge on any atom is 0.226 e. The third-order valence-electron chi connectivity index (χ3n) is 6.06. The van der Waals surface area contributed by atoms with E-state index in [9.17, 15) is 4.79 Å². The summed E-state index contributed by atoms with van der Waals surface area (Å²) < 4.78 is 6.33. The lowest BCUT2D eigenvalue weighted by atomic mass is 10.0. The van der Waals surface area contributed by atoms with Gasteiger partial charge in [0.15, 0.2) is 5.11 Å². The Kier molecular flexibility index (Phi) is 6.59. The molecule has 2 atom stereocenters. The van der Waals surface area contributed by atoms with E-state index in [0.717, 1.165) is 34.0 Å². The fourth-order valence-corrected chi connectivity index (χ4v) is 4.72. The van der Waals surface area contributed by atoms with Crippen molar-refractivity contribution in [2.45, 2.75) is 25.4 Å². The zero-order valence-electron chi connectivity index (χ0n) is 19.3. The van der Waals surface area contributed by atoms with Crippen molar-refractivity contribution in [3.8, 4) is 11.3 Å². The normalized spacial score (nSPS) is 17.3. The average Bonchev–Trinajstić information content (AvgIpc) is 3.48. The molecule has 2 aromatic heterocycles. The Morgan fingerprint density at radius 2 is 1.89 bits per heavy atom. The van der Waals surface area contributed by atoms with Crippen molar-refractivity contribution >= 4 is 28.9 Å². The first-order chi connectivity index (χ1) is 17.1. The maximum atomic E-state index is 12.7. The molecule has 7 heteroatoms. The van der Waals surface area contributed by atoms with E-state index in [1.54, 1.807) is 6.20 Å². The third kappa shape index (κ3) is 5.10. The highest BCUT2D eigenvalue weighted by atomic mass is 32.1. The maximum absolute atomic E-state index is 12.7. The van der Waals surface area contributed by atoms with Crippen LogP contribution in [0.4, 0.5) is 5.69 Å². The minimum absolute atomic E-state index is 0.0668. The predicted octanol–water partition coefficient (Wildman–Crippen LogP) is 5.65. The Morgan fingerprint density at radius 1 is 1.06 bits per heavy atom. The molecule has 1 fully saturated rings. The van der Waals surface area contributed by atoms with E-state index in [1.807, 2.05) is 96.8 Å². The standard InChI is InChI=1S/C28H26N4O2S/c1-19-8-7-11-21(18-19)30-25(33)15-17-32-27(26(31-28(32)35)22-12-5-6-16-29-22)24-14-13-23(34-24)20-9-3-2-4-10-20/h2-14,16,18,26-27H,15,17H2,1H3,(H,30,33)(H,31,35)/t26-,27-/m0/s1. The fourth-order valence-electron chi connectivity index (χ4n) is 4.39. The van der Waals surface area contributed by atoms with E-state index in [2.05, 4.69) is 15.6 Å². The molecule has 2 N–H and O–H groups in total. The topological polar surface area (TPSA) is 70.4 Å². The van der Waals surface area contributed by atoms with Crippen LogP contribution in [0.2, 0.25) is 0 Å². The van der Waals surface area contributed by atoms with Gasteiger partial charge in [0.1, 0.15) is 17.6 Å². The van der Waals surface area contributed by atoms with Crippen LogP contribution < -0.4 is 10.6 Å². The number of hydrogen-bond donors (Lipinski definition) is 2. The molecule has 3 heterocycles. The SMILES string of the molecule is Cc1cccc(NC(=O)CCN2C(=S)N[C@@H](c3ccccn3)[C@@H]2c2ccc(-c3ccccc3)o2)c1. The van der Waals surface area contributed by atoms with Crippen LogP contribution in [0.3, 0.4) is 0 Å². The summed E-state index contributed by atoms with van der Waals surface area (Å²) >= 11 is 5.71. The number of aromatic nitrogens is 1. The Hall–Kier alpha value is -3.97. The van der Waals surface area contributed by atoms with Gasteiger partial charge in [-0.3, -0.25) is 9.78 Å². The number of pyridine rings is 1. The van der Waals surface area contributed by atoms with Crippen LogP contribution in [-0.2, 0) is 4.79 Å². The number of hydrogen-bond acceptors (Lipinski definition) is 4. The number of rotatable bonds is 7. The molecule has 0 unspecified atom stereocenters. The van der Waals surface area contributed by atoms with Crippen molar-refractivity contribution in [2.24, 2.45) is 0 Å². The summed E-state index contributed by atoms with van der Waals surface area (Å²) in [7, 11) is 0. The van der Waals surface area contributed by atoms with Crippen LogP contribution in [0.5, 0.6) is 0 Å². The lowest BCUT2D eigenvalue weighted by molar-refractivity contribution is -0.116. The molecule has 5 rings (SSSR count). The number of benzene rings is 2. The molecule has 176 valence electrons. The van der Waals surface area contributed by atoms with Crippen molar-refractivity contribution in [1.82, 2.24) is 15.2 Å². The summed E-state index contributed by atoms with van der Waals surface area (Å²) in [6.45, 7) is 2.44. The number of nitrogens with zero attached hydrogens (tertiary/aromatic N) is 2. The summed E-state index contributed by atoms with van der Waals surface area (Å²) in [5.41, 5.74) is 3.76. The van der Waals surface area contributed by atoms with Crippen molar-refractivity contribution < 1.29 is 9.21 Å². The lowest BCUT2D eigenvalue weighted by Gasteiger charge is -2.25. The van der Waals surface area contributed by atoms with E-state index >= 15 is 0 Å². The molecule has 0 spiro atoms. The number of aryl methyl sites for hydroxylation is 1. The fraction of sp³-hybridized carbons (Fsp3) is 0.179. The van der Waals surface area contributed by atoms with Gasteiger partial charge in [-0.05, 0) is 61.1 Å². The molecule has 0 bridgehead atoms. The largest absolute Gasteiger partial charge is 0.459 e. The van der Waals surface area contributed by atoms with Gasteiger partial charge in [-0.1, -0.05) is 48.5 Å². The van der Waals surface area contributed by atoms with Crippen molar-refractivity contribution in [2.75, 3.05) is 11.9 Å². The van der Waals surface area contributed by atoms with Gasteiger partial charge in [0, 0.05) is 30.4 Å². The average molecular weight is 483 g/mol. The highest BCUT2D eigenvalue weighted by molar-refractivity contribution is 7.80. The molecular formula is C28H26N4O2S. The third-order valence-corrected chi connectivity index (χ3v) is 6.41. The molecule has 1 aliphatic heterocycles. The molecule has 1 aliphatic rings.